The molecule has 0 radical (unpaired) electrons. The summed E-state index contributed by atoms with van der Waals surface area (Å²) in [6.45, 7) is 5.16. The second-order valence-corrected chi connectivity index (χ2v) is 9.33. The van der Waals surface area contributed by atoms with Crippen molar-refractivity contribution in [3.05, 3.63) is 50.9 Å². The zero-order valence-electron chi connectivity index (χ0n) is 15.7. The van der Waals surface area contributed by atoms with E-state index in [4.69, 9.17) is 0 Å². The molecule has 1 unspecified atom stereocenters. The molecule has 0 aliphatic rings. The van der Waals surface area contributed by atoms with E-state index in [1.807, 2.05) is 6.92 Å². The minimum Gasteiger partial charge on any atom is -0.349 e. The highest BCUT2D eigenvalue weighted by Gasteiger charge is 2.24. The highest BCUT2D eigenvalue weighted by molar-refractivity contribution is 9.10. The zero-order chi connectivity index (χ0) is 21.1. The molecule has 0 saturated heterocycles. The smallest absolute Gasteiger partial charge is 0.288 e. The number of pyridine rings is 1. The molecule has 0 spiro atoms. The molecular weight excluding hydrogens is 456 g/mol. The molecular formula is C18H22BrF2N3O3S. The fourth-order valence-electron chi connectivity index (χ4n) is 2.61. The Morgan fingerprint density at radius 3 is 2.46 bits per heavy atom. The summed E-state index contributed by atoms with van der Waals surface area (Å²) in [5, 5.41) is 1.79. The standard InChI is InChI=1S/C18H22BrF2N3O3S/c1-4-6-11(3)28(26,27)23-15-10-24(5-2)18(25)16(21)17(15)22-14-8-7-12(19)9-13(14)20/h7-11,22-23H,4-6H2,1-3H3. The molecule has 2 rings (SSSR count). The summed E-state index contributed by atoms with van der Waals surface area (Å²) in [6.07, 6.45) is 2.27. The molecule has 0 aliphatic carbocycles. The van der Waals surface area contributed by atoms with Gasteiger partial charge in [-0.15, -0.1) is 0 Å². The van der Waals surface area contributed by atoms with Crippen molar-refractivity contribution >= 4 is 43.0 Å². The average molecular weight is 478 g/mol. The Morgan fingerprint density at radius 1 is 1.21 bits per heavy atom. The molecule has 2 aromatic rings. The monoisotopic (exact) mass is 477 g/mol. The number of benzene rings is 1. The lowest BCUT2D eigenvalue weighted by Crippen LogP contribution is -2.29. The van der Waals surface area contributed by atoms with Crippen LogP contribution in [0, 0.1) is 11.6 Å². The fraction of sp³-hybridized carbons (Fsp3) is 0.389. The largest absolute Gasteiger partial charge is 0.349 e. The maximum Gasteiger partial charge on any atom is 0.288 e. The van der Waals surface area contributed by atoms with Crippen molar-refractivity contribution < 1.29 is 17.2 Å². The van der Waals surface area contributed by atoms with E-state index in [1.165, 1.54) is 24.4 Å². The summed E-state index contributed by atoms with van der Waals surface area (Å²) < 4.78 is 58.0. The van der Waals surface area contributed by atoms with Crippen LogP contribution in [0.1, 0.15) is 33.6 Å². The first-order chi connectivity index (χ1) is 13.1. The molecule has 0 bridgehead atoms. The summed E-state index contributed by atoms with van der Waals surface area (Å²) in [4.78, 5) is 12.2. The first-order valence-electron chi connectivity index (χ1n) is 8.77. The quantitative estimate of drug-likeness (QED) is 0.582. The maximum absolute atomic E-state index is 14.8. The summed E-state index contributed by atoms with van der Waals surface area (Å²) in [5.74, 6) is -1.89. The highest BCUT2D eigenvalue weighted by Crippen LogP contribution is 2.30. The van der Waals surface area contributed by atoms with Crippen LogP contribution in [0.5, 0.6) is 0 Å². The number of rotatable bonds is 8. The second-order valence-electron chi connectivity index (χ2n) is 6.32. The van der Waals surface area contributed by atoms with Crippen molar-refractivity contribution in [2.75, 3.05) is 10.0 Å². The number of aromatic nitrogens is 1. The zero-order valence-corrected chi connectivity index (χ0v) is 18.1. The van der Waals surface area contributed by atoms with Gasteiger partial charge in [-0.05, 0) is 38.5 Å². The summed E-state index contributed by atoms with van der Waals surface area (Å²) >= 11 is 3.12. The molecule has 10 heteroatoms. The van der Waals surface area contributed by atoms with Crippen LogP contribution in [0.2, 0.25) is 0 Å². The van der Waals surface area contributed by atoms with Gasteiger partial charge in [0.15, 0.2) is 0 Å². The third-order valence-electron chi connectivity index (χ3n) is 4.23. The van der Waals surface area contributed by atoms with Gasteiger partial charge in [-0.2, -0.15) is 4.39 Å². The van der Waals surface area contributed by atoms with Crippen LogP contribution >= 0.6 is 15.9 Å². The molecule has 1 heterocycles. The van der Waals surface area contributed by atoms with Gasteiger partial charge in [0.1, 0.15) is 11.5 Å². The van der Waals surface area contributed by atoms with E-state index >= 15 is 0 Å². The van der Waals surface area contributed by atoms with Crippen molar-refractivity contribution in [3.63, 3.8) is 0 Å². The Labute approximate surface area is 171 Å². The number of halogens is 3. The maximum atomic E-state index is 14.8. The number of hydrogen-bond donors (Lipinski definition) is 2. The lowest BCUT2D eigenvalue weighted by Gasteiger charge is -2.19. The summed E-state index contributed by atoms with van der Waals surface area (Å²) in [6, 6.07) is 4.05. The first kappa shape index (κ1) is 22.4. The fourth-order valence-corrected chi connectivity index (χ4v) is 4.15. The summed E-state index contributed by atoms with van der Waals surface area (Å²) in [7, 11) is -3.83. The van der Waals surface area contributed by atoms with Gasteiger partial charge in [0.25, 0.3) is 5.56 Å². The van der Waals surface area contributed by atoms with Crippen molar-refractivity contribution in [2.45, 2.75) is 45.4 Å². The van der Waals surface area contributed by atoms with Gasteiger partial charge in [-0.3, -0.25) is 9.52 Å². The topological polar surface area (TPSA) is 80.2 Å². The number of anilines is 3. The predicted molar refractivity (Wildman–Crippen MR) is 111 cm³/mol. The predicted octanol–water partition coefficient (Wildman–Crippen LogP) is 4.58. The van der Waals surface area contributed by atoms with Crippen molar-refractivity contribution in [2.24, 2.45) is 0 Å². The van der Waals surface area contributed by atoms with Gasteiger partial charge >= 0.3 is 0 Å². The van der Waals surface area contributed by atoms with Crippen LogP contribution in [0.25, 0.3) is 0 Å². The van der Waals surface area contributed by atoms with E-state index < -0.39 is 38.2 Å². The molecule has 6 nitrogen and oxygen atoms in total. The molecule has 0 fully saturated rings. The Kier molecular flexibility index (Phi) is 7.22. The third-order valence-corrected chi connectivity index (χ3v) is 6.52. The molecule has 0 aliphatic heterocycles. The van der Waals surface area contributed by atoms with Gasteiger partial charge in [-0.1, -0.05) is 29.3 Å². The molecule has 154 valence electrons. The van der Waals surface area contributed by atoms with Crippen LogP contribution in [0.15, 0.2) is 33.7 Å². The number of aryl methyl sites for hydroxylation is 1. The van der Waals surface area contributed by atoms with Crippen LogP contribution in [-0.4, -0.2) is 18.2 Å². The van der Waals surface area contributed by atoms with Crippen molar-refractivity contribution in [3.8, 4) is 0 Å². The lowest BCUT2D eigenvalue weighted by atomic mass is 10.2. The Morgan fingerprint density at radius 2 is 1.89 bits per heavy atom. The van der Waals surface area contributed by atoms with Crippen molar-refractivity contribution in [1.29, 1.82) is 0 Å². The second kappa shape index (κ2) is 9.04. The molecule has 1 atom stereocenters. The van der Waals surface area contributed by atoms with Gasteiger partial charge in [0.05, 0.1) is 16.6 Å². The minimum atomic E-state index is -3.83. The van der Waals surface area contributed by atoms with E-state index in [2.05, 4.69) is 26.0 Å². The Balaban J connectivity index is 2.57. The van der Waals surface area contributed by atoms with Gasteiger partial charge < -0.3 is 9.88 Å². The molecule has 0 amide bonds. The number of hydrogen-bond acceptors (Lipinski definition) is 4. The first-order valence-corrected chi connectivity index (χ1v) is 11.1. The van der Waals surface area contributed by atoms with Crippen molar-refractivity contribution in [1.82, 2.24) is 4.57 Å². The summed E-state index contributed by atoms with van der Waals surface area (Å²) in [5.41, 5.74) is -1.63. The van der Waals surface area contributed by atoms with Crippen LogP contribution in [0.3, 0.4) is 0 Å². The number of nitrogens with zero attached hydrogens (tertiary/aromatic N) is 1. The van der Waals surface area contributed by atoms with E-state index in [9.17, 15) is 22.0 Å². The minimum absolute atomic E-state index is 0.0993. The molecule has 2 N–H and O–H groups in total. The number of nitrogens with one attached hydrogen (secondary N) is 2. The highest BCUT2D eigenvalue weighted by atomic mass is 79.9. The third kappa shape index (κ3) is 4.91. The van der Waals surface area contributed by atoms with Gasteiger partial charge in [0.2, 0.25) is 15.8 Å². The molecule has 1 aromatic carbocycles. The van der Waals surface area contributed by atoms with E-state index in [1.54, 1.807) is 13.8 Å². The molecule has 0 saturated carbocycles. The van der Waals surface area contributed by atoms with Gasteiger partial charge in [0, 0.05) is 17.2 Å². The van der Waals surface area contributed by atoms with E-state index in [0.29, 0.717) is 17.3 Å². The number of sulfonamides is 1. The molecule has 1 aromatic heterocycles. The Hall–Kier alpha value is -1.94. The van der Waals surface area contributed by atoms with Crippen LogP contribution in [-0.2, 0) is 16.6 Å². The van der Waals surface area contributed by atoms with E-state index in [-0.39, 0.29) is 17.9 Å². The van der Waals surface area contributed by atoms with E-state index in [0.717, 1.165) is 4.57 Å². The normalized spacial score (nSPS) is 12.6. The van der Waals surface area contributed by atoms with Crippen LogP contribution < -0.4 is 15.6 Å². The molecule has 28 heavy (non-hydrogen) atoms. The SMILES string of the molecule is CCCC(C)S(=O)(=O)Nc1cn(CC)c(=O)c(F)c1Nc1ccc(Br)cc1F. The lowest BCUT2D eigenvalue weighted by molar-refractivity contribution is 0.576. The Bertz CT molecular complexity index is 1030. The van der Waals surface area contributed by atoms with Crippen LogP contribution in [0.4, 0.5) is 25.8 Å². The average Bonchev–Trinajstić information content (AvgIpc) is 2.62. The van der Waals surface area contributed by atoms with Gasteiger partial charge in [-0.25, -0.2) is 12.8 Å².